The number of carbonyl (C=O) groups excluding carboxylic acids is 1. The van der Waals surface area contributed by atoms with Gasteiger partial charge in [0.25, 0.3) is 0 Å². The van der Waals surface area contributed by atoms with Crippen molar-refractivity contribution in [3.8, 4) is 0 Å². The van der Waals surface area contributed by atoms with Gasteiger partial charge in [-0.1, -0.05) is 54.6 Å². The van der Waals surface area contributed by atoms with Crippen LogP contribution in [0.1, 0.15) is 0 Å². The van der Waals surface area contributed by atoms with Crippen LogP contribution in [0.25, 0.3) is 0 Å². The first-order valence-corrected chi connectivity index (χ1v) is 9.85. The van der Waals surface area contributed by atoms with E-state index in [4.69, 9.17) is 0 Å². The van der Waals surface area contributed by atoms with Crippen LogP contribution in [0, 0.1) is 0 Å². The monoisotopic (exact) mass is 440 g/mol. The zero-order valence-electron chi connectivity index (χ0n) is 15.5. The minimum atomic E-state index is -5.46. The van der Waals surface area contributed by atoms with Gasteiger partial charge in [-0.3, -0.25) is 0 Å². The summed E-state index contributed by atoms with van der Waals surface area (Å²) in [4.78, 5) is 13.4. The maximum absolute atomic E-state index is 11.7. The molecule has 8 heteroatoms. The van der Waals surface area contributed by atoms with Crippen LogP contribution in [0.15, 0.2) is 106 Å². The molecule has 0 spiro atoms. The second kappa shape index (κ2) is 10.2. The Kier molecular flexibility index (Phi) is 8.00. The quantitative estimate of drug-likeness (QED) is 0.410. The van der Waals surface area contributed by atoms with Crippen molar-refractivity contribution in [1.29, 1.82) is 0 Å². The average molecular weight is 440 g/mol. The van der Waals surface area contributed by atoms with Crippen LogP contribution >= 0.6 is 0 Å². The Bertz CT molecular complexity index is 828. The third-order valence-corrected chi connectivity index (χ3v) is 6.05. The Balaban J connectivity index is 0.000000252. The highest BCUT2D eigenvalue weighted by Crippen LogP contribution is 2.34. The summed E-state index contributed by atoms with van der Waals surface area (Å²) < 4.78 is 57.7. The second-order valence-corrected chi connectivity index (χ2v) is 7.97. The number of benzene rings is 3. The van der Waals surface area contributed by atoms with Gasteiger partial charge < -0.3 is 9.90 Å². The molecule has 0 aliphatic heterocycles. The van der Waals surface area contributed by atoms with Gasteiger partial charge in [-0.25, -0.2) is 4.39 Å². The predicted octanol–water partition coefficient (Wildman–Crippen LogP) is 4.76. The summed E-state index contributed by atoms with van der Waals surface area (Å²) >= 11 is 0. The SMILES string of the molecule is O=C([O-])C(F)(F)C(F)(F)CF.c1ccc([S+](c2ccccc2)c2ccccc2)cc1. The van der Waals surface area contributed by atoms with E-state index in [1.54, 1.807) is 0 Å². The molecule has 0 bridgehead atoms. The van der Waals surface area contributed by atoms with E-state index in [0.29, 0.717) is 0 Å². The largest absolute Gasteiger partial charge is 0.544 e. The minimum absolute atomic E-state index is 0.0146. The van der Waals surface area contributed by atoms with Crippen LogP contribution in [-0.4, -0.2) is 24.5 Å². The Labute approximate surface area is 173 Å². The summed E-state index contributed by atoms with van der Waals surface area (Å²) in [6, 6.07) is 32.2. The number of carboxylic acids is 1. The van der Waals surface area contributed by atoms with Gasteiger partial charge in [0.15, 0.2) is 21.4 Å². The standard InChI is InChI=1S/C18H15S.C4H3F5O2/c1-4-10-16(11-5-1)19(17-12-6-2-7-13-17)18-14-8-3-9-15-18;5-1-3(6,7)4(8,9)2(10)11/h1-15H;1H2,(H,10,11)/q+1;/p-1. The summed E-state index contributed by atoms with van der Waals surface area (Å²) in [5, 5.41) is 9.32. The van der Waals surface area contributed by atoms with Crippen LogP contribution in [0.5, 0.6) is 0 Å². The molecular formula is C22H17F5O2S. The maximum atomic E-state index is 11.7. The number of carbonyl (C=O) groups is 1. The molecule has 0 saturated carbocycles. The lowest BCUT2D eigenvalue weighted by Gasteiger charge is -2.24. The molecule has 3 aromatic rings. The molecule has 0 heterocycles. The smallest absolute Gasteiger partial charge is 0.351 e. The molecule has 3 aromatic carbocycles. The molecule has 0 aliphatic carbocycles. The van der Waals surface area contributed by atoms with Gasteiger partial charge in [-0.2, -0.15) is 17.6 Å². The molecule has 0 unspecified atom stereocenters. The molecule has 0 radical (unpaired) electrons. The molecule has 0 N–H and O–H groups in total. The van der Waals surface area contributed by atoms with Gasteiger partial charge >= 0.3 is 11.8 Å². The Morgan fingerprint density at radius 1 is 0.700 bits per heavy atom. The number of hydrogen-bond acceptors (Lipinski definition) is 2. The van der Waals surface area contributed by atoms with E-state index in [1.807, 2.05) is 0 Å². The van der Waals surface area contributed by atoms with Gasteiger partial charge in [0.1, 0.15) is 5.97 Å². The van der Waals surface area contributed by atoms with Gasteiger partial charge in [0.2, 0.25) is 0 Å². The van der Waals surface area contributed by atoms with Crippen LogP contribution in [0.3, 0.4) is 0 Å². The first-order valence-electron chi connectivity index (χ1n) is 8.63. The van der Waals surface area contributed by atoms with E-state index in [9.17, 15) is 31.9 Å². The number of hydrogen-bond donors (Lipinski definition) is 0. The second-order valence-electron chi connectivity index (χ2n) is 5.95. The van der Waals surface area contributed by atoms with Crippen molar-refractivity contribution in [2.45, 2.75) is 26.5 Å². The fourth-order valence-corrected chi connectivity index (χ4v) is 4.42. The number of carboxylic acid groups (broad SMARTS) is 1. The Hall–Kier alpha value is -2.87. The highest BCUT2D eigenvalue weighted by Gasteiger charge is 2.57. The molecule has 0 aromatic heterocycles. The lowest BCUT2D eigenvalue weighted by Crippen LogP contribution is -2.54. The van der Waals surface area contributed by atoms with E-state index >= 15 is 0 Å². The first-order chi connectivity index (χ1) is 14.2. The van der Waals surface area contributed by atoms with E-state index in [0.717, 1.165) is 0 Å². The van der Waals surface area contributed by atoms with Gasteiger partial charge in [-0.05, 0) is 36.4 Å². The fraction of sp³-hybridized carbons (Fsp3) is 0.136. The molecule has 158 valence electrons. The third kappa shape index (κ3) is 5.60. The van der Waals surface area contributed by atoms with Gasteiger partial charge in [-0.15, -0.1) is 0 Å². The molecule has 3 rings (SSSR count). The van der Waals surface area contributed by atoms with E-state index in [2.05, 4.69) is 91.0 Å². The molecule has 0 atom stereocenters. The summed E-state index contributed by atoms with van der Waals surface area (Å²) in [5.41, 5.74) is 0. The first kappa shape index (κ1) is 23.4. The van der Waals surface area contributed by atoms with E-state index < -0.39 is 24.5 Å². The van der Waals surface area contributed by atoms with Crippen molar-refractivity contribution in [1.82, 2.24) is 0 Å². The summed E-state index contributed by atoms with van der Waals surface area (Å²) in [6.07, 6.45) is 0. The number of rotatable bonds is 6. The Morgan fingerprint density at radius 2 is 1.00 bits per heavy atom. The topological polar surface area (TPSA) is 40.1 Å². The molecule has 0 amide bonds. The average Bonchev–Trinajstić information content (AvgIpc) is 2.76. The van der Waals surface area contributed by atoms with Crippen molar-refractivity contribution in [2.24, 2.45) is 0 Å². The van der Waals surface area contributed by atoms with Gasteiger partial charge in [0, 0.05) is 0 Å². The summed E-state index contributed by atoms with van der Waals surface area (Å²) in [6.45, 7) is -2.74. The zero-order chi connectivity index (χ0) is 22.2. The molecule has 2 nitrogen and oxygen atoms in total. The lowest BCUT2D eigenvalue weighted by atomic mass is 10.2. The van der Waals surface area contributed by atoms with E-state index in [1.165, 1.54) is 14.7 Å². The van der Waals surface area contributed by atoms with Crippen molar-refractivity contribution >= 4 is 16.9 Å². The summed E-state index contributed by atoms with van der Waals surface area (Å²) in [5.74, 6) is -14.0. The van der Waals surface area contributed by atoms with Crippen molar-refractivity contribution in [3.63, 3.8) is 0 Å². The molecule has 30 heavy (non-hydrogen) atoms. The summed E-state index contributed by atoms with van der Waals surface area (Å²) in [7, 11) is -0.0146. The molecule has 0 fully saturated rings. The fourth-order valence-electron chi connectivity index (χ4n) is 2.31. The maximum Gasteiger partial charge on any atom is 0.351 e. The predicted molar refractivity (Wildman–Crippen MR) is 102 cm³/mol. The molecule has 0 saturated heterocycles. The normalized spacial score (nSPS) is 11.5. The Morgan fingerprint density at radius 3 is 1.20 bits per heavy atom. The van der Waals surface area contributed by atoms with Crippen LogP contribution < -0.4 is 5.11 Å². The number of aliphatic carboxylic acids is 1. The molecule has 0 aliphatic rings. The third-order valence-electron chi connectivity index (χ3n) is 3.82. The lowest BCUT2D eigenvalue weighted by molar-refractivity contribution is -0.349. The zero-order valence-corrected chi connectivity index (χ0v) is 16.3. The van der Waals surface area contributed by atoms with Gasteiger partial charge in [0.05, 0.1) is 10.9 Å². The van der Waals surface area contributed by atoms with Crippen molar-refractivity contribution in [3.05, 3.63) is 91.0 Å². The number of alkyl halides is 5. The molecular weight excluding hydrogens is 423 g/mol. The highest BCUT2D eigenvalue weighted by molar-refractivity contribution is 7.97. The minimum Gasteiger partial charge on any atom is -0.544 e. The van der Waals surface area contributed by atoms with Crippen molar-refractivity contribution < 1.29 is 31.9 Å². The highest BCUT2D eigenvalue weighted by atomic mass is 32.2. The van der Waals surface area contributed by atoms with Crippen LogP contribution in [0.2, 0.25) is 0 Å². The van der Waals surface area contributed by atoms with Crippen LogP contribution in [-0.2, 0) is 15.7 Å². The van der Waals surface area contributed by atoms with Crippen LogP contribution in [0.4, 0.5) is 22.0 Å². The number of halogens is 5. The van der Waals surface area contributed by atoms with E-state index in [-0.39, 0.29) is 10.9 Å². The van der Waals surface area contributed by atoms with Crippen molar-refractivity contribution in [2.75, 3.05) is 6.67 Å².